The maximum absolute atomic E-state index is 13.9. The number of anilines is 2. The molecule has 2 rings (SSSR count). The summed E-state index contributed by atoms with van der Waals surface area (Å²) in [5, 5.41) is 12.2. The van der Waals surface area contributed by atoms with Crippen LogP contribution >= 0.6 is 11.3 Å². The molecular formula is C10H9FN4O4S2. The van der Waals surface area contributed by atoms with E-state index < -0.39 is 37.0 Å². The number of sulfonamides is 1. The summed E-state index contributed by atoms with van der Waals surface area (Å²) in [7, 11) is -4.33. The van der Waals surface area contributed by atoms with E-state index >= 15 is 0 Å². The van der Waals surface area contributed by atoms with Gasteiger partial charge in [0.2, 0.25) is 0 Å². The van der Waals surface area contributed by atoms with Crippen LogP contribution in [0.5, 0.6) is 0 Å². The van der Waals surface area contributed by atoms with Gasteiger partial charge in [-0.2, -0.15) is 0 Å². The zero-order valence-electron chi connectivity index (χ0n) is 10.5. The minimum Gasteiger partial charge on any atom is -0.397 e. The molecule has 1 heterocycles. The summed E-state index contributed by atoms with van der Waals surface area (Å²) in [6.07, 6.45) is 0. The Balaban J connectivity index is 2.47. The van der Waals surface area contributed by atoms with Crippen molar-refractivity contribution in [1.82, 2.24) is 4.98 Å². The maximum atomic E-state index is 13.9. The van der Waals surface area contributed by atoms with Gasteiger partial charge in [-0.3, -0.25) is 14.8 Å². The number of hydrogen-bond acceptors (Lipinski definition) is 7. The van der Waals surface area contributed by atoms with E-state index in [4.69, 9.17) is 5.73 Å². The summed E-state index contributed by atoms with van der Waals surface area (Å²) in [6.45, 7) is 1.66. The van der Waals surface area contributed by atoms with Crippen LogP contribution < -0.4 is 10.5 Å². The van der Waals surface area contributed by atoms with Gasteiger partial charge in [-0.25, -0.2) is 17.8 Å². The zero-order chi connectivity index (χ0) is 15.8. The molecule has 0 fully saturated rings. The maximum Gasteiger partial charge on any atom is 0.274 e. The summed E-state index contributed by atoms with van der Waals surface area (Å²) in [6, 6.07) is 1.28. The van der Waals surface area contributed by atoms with Crippen molar-refractivity contribution in [2.45, 2.75) is 11.8 Å². The van der Waals surface area contributed by atoms with Gasteiger partial charge >= 0.3 is 0 Å². The Morgan fingerprint density at radius 1 is 1.48 bits per heavy atom. The molecule has 0 unspecified atom stereocenters. The van der Waals surface area contributed by atoms with Crippen molar-refractivity contribution in [3.8, 4) is 0 Å². The highest BCUT2D eigenvalue weighted by Gasteiger charge is 2.26. The van der Waals surface area contributed by atoms with Crippen molar-refractivity contribution in [3.63, 3.8) is 0 Å². The van der Waals surface area contributed by atoms with Crippen molar-refractivity contribution in [2.24, 2.45) is 0 Å². The van der Waals surface area contributed by atoms with Gasteiger partial charge in [0.1, 0.15) is 4.90 Å². The first-order valence-corrected chi connectivity index (χ1v) is 7.75. The standard InChI is InChI=1S/C10H9FN4O4S2/c1-5-4-20-10(13-5)14-21(18,19)9-7(11)2-6(15(16)17)3-8(9)12/h2-4H,12H2,1H3,(H,13,14). The molecule has 0 radical (unpaired) electrons. The lowest BCUT2D eigenvalue weighted by atomic mass is 10.3. The van der Waals surface area contributed by atoms with E-state index in [9.17, 15) is 22.9 Å². The molecule has 1 aromatic heterocycles. The Bertz CT molecular complexity index is 795. The molecular weight excluding hydrogens is 323 g/mol. The normalized spacial score (nSPS) is 11.3. The number of thiazole rings is 1. The quantitative estimate of drug-likeness (QED) is 0.500. The fourth-order valence-corrected chi connectivity index (χ4v) is 3.67. The molecule has 0 aliphatic heterocycles. The summed E-state index contributed by atoms with van der Waals surface area (Å²) in [5.74, 6) is -1.30. The molecule has 0 spiro atoms. The minimum absolute atomic E-state index is 0.0460. The van der Waals surface area contributed by atoms with E-state index in [1.165, 1.54) is 0 Å². The summed E-state index contributed by atoms with van der Waals surface area (Å²) in [4.78, 5) is 12.7. The average Bonchev–Trinajstić information content (AvgIpc) is 2.72. The number of rotatable bonds is 4. The van der Waals surface area contributed by atoms with Gasteiger partial charge in [0.05, 0.1) is 22.4 Å². The number of nitro groups is 1. The van der Waals surface area contributed by atoms with Crippen LogP contribution in [0.1, 0.15) is 5.69 Å². The molecule has 0 aliphatic carbocycles. The third-order valence-electron chi connectivity index (χ3n) is 2.38. The molecule has 8 nitrogen and oxygen atoms in total. The predicted molar refractivity (Wildman–Crippen MR) is 75.1 cm³/mol. The molecule has 0 aliphatic rings. The molecule has 0 amide bonds. The van der Waals surface area contributed by atoms with Gasteiger partial charge in [0.15, 0.2) is 10.9 Å². The van der Waals surface area contributed by atoms with E-state index in [2.05, 4.69) is 9.71 Å². The van der Waals surface area contributed by atoms with Crippen LogP contribution in [0.2, 0.25) is 0 Å². The molecule has 21 heavy (non-hydrogen) atoms. The summed E-state index contributed by atoms with van der Waals surface area (Å²) >= 11 is 1.02. The minimum atomic E-state index is -4.33. The van der Waals surface area contributed by atoms with Gasteiger partial charge in [0.25, 0.3) is 15.7 Å². The summed E-state index contributed by atoms with van der Waals surface area (Å²) in [5.41, 5.74) is 4.83. The number of benzene rings is 1. The fraction of sp³-hybridized carbons (Fsp3) is 0.100. The number of hydrogen-bond donors (Lipinski definition) is 2. The van der Waals surface area contributed by atoms with Gasteiger partial charge in [-0.15, -0.1) is 11.3 Å². The van der Waals surface area contributed by atoms with Crippen molar-refractivity contribution in [3.05, 3.63) is 39.1 Å². The highest BCUT2D eigenvalue weighted by molar-refractivity contribution is 7.93. The van der Waals surface area contributed by atoms with Crippen LogP contribution in [-0.2, 0) is 10.0 Å². The van der Waals surface area contributed by atoms with Gasteiger partial charge in [-0.05, 0) is 6.92 Å². The second-order valence-corrected chi connectivity index (χ2v) is 6.48. The first kappa shape index (κ1) is 15.1. The van der Waals surface area contributed by atoms with E-state index in [0.717, 1.165) is 17.4 Å². The number of nitrogens with zero attached hydrogens (tertiary/aromatic N) is 2. The van der Waals surface area contributed by atoms with Gasteiger partial charge < -0.3 is 5.73 Å². The average molecular weight is 332 g/mol. The Morgan fingerprint density at radius 3 is 2.62 bits per heavy atom. The summed E-state index contributed by atoms with van der Waals surface area (Å²) < 4.78 is 40.1. The van der Waals surface area contributed by atoms with E-state index in [1.807, 2.05) is 0 Å². The SMILES string of the molecule is Cc1csc(NS(=O)(=O)c2c(N)cc([N+](=O)[O-])cc2F)n1. The Hall–Kier alpha value is -2.27. The van der Waals surface area contributed by atoms with Crippen LogP contribution in [0.4, 0.5) is 20.9 Å². The smallest absolute Gasteiger partial charge is 0.274 e. The number of halogens is 1. The lowest BCUT2D eigenvalue weighted by molar-refractivity contribution is -0.385. The van der Waals surface area contributed by atoms with Gasteiger partial charge in [0, 0.05) is 11.4 Å². The van der Waals surface area contributed by atoms with Crippen molar-refractivity contribution in [2.75, 3.05) is 10.5 Å². The fourth-order valence-electron chi connectivity index (χ4n) is 1.56. The number of nitrogens with two attached hydrogens (primary N) is 1. The van der Waals surface area contributed by atoms with Crippen molar-refractivity contribution >= 4 is 37.9 Å². The van der Waals surface area contributed by atoms with Crippen LogP contribution in [0.25, 0.3) is 0 Å². The monoisotopic (exact) mass is 332 g/mol. The number of nitrogens with one attached hydrogen (secondary N) is 1. The zero-order valence-corrected chi connectivity index (χ0v) is 12.2. The lowest BCUT2D eigenvalue weighted by Crippen LogP contribution is -2.16. The number of nitrogen functional groups attached to an aromatic ring is 1. The molecule has 0 saturated carbocycles. The Kier molecular flexibility index (Phi) is 3.78. The first-order valence-electron chi connectivity index (χ1n) is 5.39. The topological polar surface area (TPSA) is 128 Å². The molecule has 0 bridgehead atoms. The molecule has 0 saturated heterocycles. The molecule has 2 aromatic rings. The van der Waals surface area contributed by atoms with Crippen LogP contribution in [0.15, 0.2) is 22.4 Å². The highest BCUT2D eigenvalue weighted by atomic mass is 32.2. The molecule has 0 atom stereocenters. The Morgan fingerprint density at radius 2 is 2.14 bits per heavy atom. The van der Waals surface area contributed by atoms with Crippen molar-refractivity contribution < 1.29 is 17.7 Å². The van der Waals surface area contributed by atoms with E-state index in [0.29, 0.717) is 11.8 Å². The molecule has 3 N–H and O–H groups in total. The highest BCUT2D eigenvalue weighted by Crippen LogP contribution is 2.29. The molecule has 1 aromatic carbocycles. The lowest BCUT2D eigenvalue weighted by Gasteiger charge is -2.09. The van der Waals surface area contributed by atoms with Crippen LogP contribution in [-0.4, -0.2) is 18.3 Å². The predicted octanol–water partition coefficient (Wildman–Crippen LogP) is 1.88. The number of non-ortho nitro benzene ring substituents is 1. The van der Waals surface area contributed by atoms with Gasteiger partial charge in [-0.1, -0.05) is 0 Å². The molecule has 11 heteroatoms. The van der Waals surface area contributed by atoms with E-state index in [-0.39, 0.29) is 5.13 Å². The van der Waals surface area contributed by atoms with Crippen molar-refractivity contribution in [1.29, 1.82) is 0 Å². The van der Waals surface area contributed by atoms with Crippen LogP contribution in [0, 0.1) is 22.9 Å². The Labute approximate surface area is 122 Å². The first-order chi connectivity index (χ1) is 9.70. The number of nitro benzene ring substituents is 1. The second-order valence-electron chi connectivity index (χ2n) is 4.00. The second kappa shape index (κ2) is 5.26. The number of aryl methyl sites for hydroxylation is 1. The third-order valence-corrected chi connectivity index (χ3v) is 4.81. The third kappa shape index (κ3) is 3.08. The van der Waals surface area contributed by atoms with Crippen LogP contribution in [0.3, 0.4) is 0 Å². The van der Waals surface area contributed by atoms with E-state index in [1.54, 1.807) is 12.3 Å². The molecule has 112 valence electrons. The largest absolute Gasteiger partial charge is 0.397 e. The number of aromatic nitrogens is 1.